The van der Waals surface area contributed by atoms with Crippen LogP contribution < -0.4 is 0 Å². The highest BCUT2D eigenvalue weighted by Crippen LogP contribution is 2.24. The zero-order chi connectivity index (χ0) is 17.9. The summed E-state index contributed by atoms with van der Waals surface area (Å²) in [7, 11) is -3.25. The first-order valence-corrected chi connectivity index (χ1v) is 11.4. The molecule has 0 unspecified atom stereocenters. The van der Waals surface area contributed by atoms with Crippen molar-refractivity contribution in [2.45, 2.75) is 38.1 Å². The molecule has 0 aliphatic carbocycles. The topological polar surface area (TPSA) is 70.2 Å². The van der Waals surface area contributed by atoms with Crippen molar-refractivity contribution in [1.29, 1.82) is 0 Å². The second-order valence-corrected chi connectivity index (χ2v) is 9.49. The first kappa shape index (κ1) is 19.1. The molecule has 0 spiro atoms. The maximum absolute atomic E-state index is 12.5. The van der Waals surface area contributed by atoms with Crippen LogP contribution in [0.5, 0.6) is 0 Å². The van der Waals surface area contributed by atoms with E-state index >= 15 is 0 Å². The smallest absolute Gasteiger partial charge is 0.225 e. The van der Waals surface area contributed by atoms with Gasteiger partial charge in [0.05, 0.1) is 12.3 Å². The Labute approximate surface area is 151 Å². The number of ether oxygens (including phenoxy) is 1. The largest absolute Gasteiger partial charge is 0.381 e. The maximum atomic E-state index is 12.5. The van der Waals surface area contributed by atoms with E-state index in [0.717, 1.165) is 32.5 Å². The van der Waals surface area contributed by atoms with Crippen LogP contribution in [-0.4, -0.2) is 93.2 Å². The highest BCUT2D eigenvalue weighted by molar-refractivity contribution is 7.88. The average Bonchev–Trinajstić information content (AvgIpc) is 2.57. The molecule has 3 heterocycles. The molecule has 0 aromatic rings. The Hall–Kier alpha value is -0.700. The molecule has 0 aromatic heterocycles. The summed E-state index contributed by atoms with van der Waals surface area (Å²) < 4.78 is 31.3. The van der Waals surface area contributed by atoms with Gasteiger partial charge >= 0.3 is 0 Å². The molecule has 0 saturated carbocycles. The molecule has 0 radical (unpaired) electrons. The van der Waals surface area contributed by atoms with Crippen molar-refractivity contribution < 1.29 is 17.9 Å². The van der Waals surface area contributed by atoms with Gasteiger partial charge in [-0.1, -0.05) is 6.42 Å². The third-order valence-electron chi connectivity index (χ3n) is 5.66. The monoisotopic (exact) mass is 373 g/mol. The molecular weight excluding hydrogens is 342 g/mol. The molecule has 3 fully saturated rings. The van der Waals surface area contributed by atoms with Gasteiger partial charge in [-0.2, -0.15) is 4.31 Å². The van der Waals surface area contributed by atoms with E-state index in [1.807, 2.05) is 4.90 Å². The van der Waals surface area contributed by atoms with Gasteiger partial charge in [-0.3, -0.25) is 4.79 Å². The van der Waals surface area contributed by atoms with Gasteiger partial charge < -0.3 is 14.5 Å². The van der Waals surface area contributed by atoms with Gasteiger partial charge in [0.15, 0.2) is 0 Å². The summed E-state index contributed by atoms with van der Waals surface area (Å²) in [4.78, 5) is 16.7. The van der Waals surface area contributed by atoms with Crippen molar-refractivity contribution in [3.8, 4) is 0 Å². The number of piperidine rings is 1. The van der Waals surface area contributed by atoms with E-state index in [1.54, 1.807) is 4.31 Å². The van der Waals surface area contributed by atoms with Gasteiger partial charge in [-0.25, -0.2) is 8.42 Å². The van der Waals surface area contributed by atoms with Crippen LogP contribution in [0.15, 0.2) is 0 Å². The number of likely N-dealkylation sites (tertiary alicyclic amines) is 2. The van der Waals surface area contributed by atoms with Gasteiger partial charge in [-0.05, 0) is 38.8 Å². The fourth-order valence-electron chi connectivity index (χ4n) is 4.06. The Morgan fingerprint density at radius 2 is 1.76 bits per heavy atom. The highest BCUT2D eigenvalue weighted by Gasteiger charge is 2.40. The van der Waals surface area contributed by atoms with Crippen molar-refractivity contribution in [3.05, 3.63) is 0 Å². The number of sulfonamides is 1. The lowest BCUT2D eigenvalue weighted by atomic mass is 9.96. The Kier molecular flexibility index (Phi) is 6.35. The quantitative estimate of drug-likeness (QED) is 0.673. The van der Waals surface area contributed by atoms with Crippen molar-refractivity contribution in [2.75, 3.05) is 58.7 Å². The first-order chi connectivity index (χ1) is 11.9. The predicted molar refractivity (Wildman–Crippen MR) is 95.8 cm³/mol. The zero-order valence-corrected chi connectivity index (χ0v) is 16.0. The van der Waals surface area contributed by atoms with E-state index in [9.17, 15) is 13.2 Å². The van der Waals surface area contributed by atoms with Crippen LogP contribution >= 0.6 is 0 Å². The van der Waals surface area contributed by atoms with E-state index in [4.69, 9.17) is 4.74 Å². The fourth-order valence-corrected chi connectivity index (χ4v) is 5.15. The number of rotatable bonds is 6. The van der Waals surface area contributed by atoms with Crippen molar-refractivity contribution >= 4 is 15.9 Å². The molecule has 8 heteroatoms. The minimum Gasteiger partial charge on any atom is -0.381 e. The van der Waals surface area contributed by atoms with E-state index < -0.39 is 10.0 Å². The summed E-state index contributed by atoms with van der Waals surface area (Å²) >= 11 is 0. The van der Waals surface area contributed by atoms with Crippen LogP contribution in [-0.2, 0) is 19.6 Å². The lowest BCUT2D eigenvalue weighted by molar-refractivity contribution is -0.144. The molecule has 0 atom stereocenters. The highest BCUT2D eigenvalue weighted by atomic mass is 32.2. The van der Waals surface area contributed by atoms with E-state index in [0.29, 0.717) is 32.8 Å². The van der Waals surface area contributed by atoms with Gasteiger partial charge in [0, 0.05) is 45.3 Å². The number of hydrogen-bond acceptors (Lipinski definition) is 5. The van der Waals surface area contributed by atoms with Gasteiger partial charge in [0.25, 0.3) is 0 Å². The minimum atomic E-state index is -3.25. The Morgan fingerprint density at radius 3 is 2.36 bits per heavy atom. The summed E-state index contributed by atoms with van der Waals surface area (Å²) in [5.74, 6) is 0.221. The first-order valence-electron chi connectivity index (χ1n) is 9.51. The molecule has 3 aliphatic heterocycles. The number of nitrogens with zero attached hydrogens (tertiary/aromatic N) is 3. The summed E-state index contributed by atoms with van der Waals surface area (Å²) in [6.45, 7) is 5.82. The summed E-state index contributed by atoms with van der Waals surface area (Å²) in [5.41, 5.74) is 0. The van der Waals surface area contributed by atoms with E-state index in [2.05, 4.69) is 4.90 Å². The summed E-state index contributed by atoms with van der Waals surface area (Å²) in [6.07, 6.45) is 6.53. The zero-order valence-electron chi connectivity index (χ0n) is 15.2. The van der Waals surface area contributed by atoms with Crippen LogP contribution in [0.2, 0.25) is 0 Å². The third kappa shape index (κ3) is 4.93. The lowest BCUT2D eigenvalue weighted by Gasteiger charge is -2.46. The van der Waals surface area contributed by atoms with Crippen LogP contribution in [0.1, 0.15) is 32.1 Å². The number of carbonyl (C=O) groups excluding carboxylic acids is 1. The molecule has 25 heavy (non-hydrogen) atoms. The molecule has 3 rings (SSSR count). The molecule has 0 N–H and O–H groups in total. The van der Waals surface area contributed by atoms with Crippen molar-refractivity contribution in [2.24, 2.45) is 5.92 Å². The second kappa shape index (κ2) is 8.33. The molecule has 0 aromatic carbocycles. The Bertz CT molecular complexity index is 550. The summed E-state index contributed by atoms with van der Waals surface area (Å²) in [6, 6.07) is -0.0661. The maximum Gasteiger partial charge on any atom is 0.225 e. The predicted octanol–water partition coefficient (Wildman–Crippen LogP) is 0.371. The molecule has 1 amide bonds. The van der Waals surface area contributed by atoms with Gasteiger partial charge in [-0.15, -0.1) is 0 Å². The van der Waals surface area contributed by atoms with E-state index in [-0.39, 0.29) is 17.9 Å². The number of amides is 1. The van der Waals surface area contributed by atoms with Crippen LogP contribution in [0.25, 0.3) is 0 Å². The second-order valence-electron chi connectivity index (χ2n) is 7.56. The molecular formula is C17H31N3O4S. The van der Waals surface area contributed by atoms with Crippen molar-refractivity contribution in [3.63, 3.8) is 0 Å². The molecule has 0 bridgehead atoms. The van der Waals surface area contributed by atoms with Crippen LogP contribution in [0.4, 0.5) is 0 Å². The minimum absolute atomic E-state index is 0.0507. The average molecular weight is 374 g/mol. The van der Waals surface area contributed by atoms with Crippen LogP contribution in [0, 0.1) is 5.92 Å². The van der Waals surface area contributed by atoms with Gasteiger partial charge in [0.2, 0.25) is 15.9 Å². The lowest BCUT2D eigenvalue weighted by Crippen LogP contribution is -2.64. The summed E-state index contributed by atoms with van der Waals surface area (Å²) in [5, 5.41) is 0. The fraction of sp³-hybridized carbons (Fsp3) is 0.941. The molecule has 3 aliphatic rings. The normalized spacial score (nSPS) is 24.5. The third-order valence-corrected chi connectivity index (χ3v) is 7.00. The number of hydrogen-bond donors (Lipinski definition) is 0. The Balaban J connectivity index is 1.50. The van der Waals surface area contributed by atoms with Gasteiger partial charge in [0.1, 0.15) is 0 Å². The Morgan fingerprint density at radius 1 is 1.12 bits per heavy atom. The standard InChI is InChI=1S/C17H31N3O4S/c1-25(22,23)20(10-9-18-7-3-2-4-8-18)16-13-19(14-16)17(21)15-5-11-24-12-6-15/h15-16H,2-14H2,1H3. The van der Waals surface area contributed by atoms with E-state index in [1.165, 1.54) is 25.5 Å². The number of carbonyl (C=O) groups is 1. The molecule has 3 saturated heterocycles. The van der Waals surface area contributed by atoms with Crippen LogP contribution in [0.3, 0.4) is 0 Å². The SMILES string of the molecule is CS(=O)(=O)N(CCN1CCCCC1)C1CN(C(=O)C2CCOCC2)C1. The molecule has 7 nitrogen and oxygen atoms in total. The molecule has 144 valence electrons. The van der Waals surface area contributed by atoms with Crippen molar-refractivity contribution in [1.82, 2.24) is 14.1 Å².